The third kappa shape index (κ3) is 5.45. The normalized spacial score (nSPS) is 10.8. The summed E-state index contributed by atoms with van der Waals surface area (Å²) < 4.78 is 13.1. The topological polar surface area (TPSA) is 60.5 Å². The van der Waals surface area contributed by atoms with Crippen molar-refractivity contribution in [2.75, 3.05) is 18.5 Å². The molecule has 1 amide bonds. The Bertz CT molecular complexity index is 958. The Morgan fingerprint density at radius 3 is 2.75 bits per heavy atom. The maximum atomic E-state index is 12.2. The van der Waals surface area contributed by atoms with Gasteiger partial charge >= 0.3 is 0 Å². The van der Waals surface area contributed by atoms with Crippen LogP contribution in [0.4, 0.5) is 5.13 Å². The average molecular weight is 463 g/mol. The molecule has 1 N–H and O–H groups in total. The van der Waals surface area contributed by atoms with Crippen LogP contribution in [-0.4, -0.2) is 24.1 Å². The molecular formula is C21H23BrN2O3S. The summed E-state index contributed by atoms with van der Waals surface area (Å²) in [6.07, 6.45) is 3.06. The first kappa shape index (κ1) is 20.6. The van der Waals surface area contributed by atoms with E-state index in [2.05, 4.69) is 40.1 Å². The molecule has 3 aromatic rings. The minimum atomic E-state index is -0.244. The molecule has 2 aromatic carbocycles. The summed E-state index contributed by atoms with van der Waals surface area (Å²) in [6.45, 7) is 4.81. The second-order valence-corrected chi connectivity index (χ2v) is 8.23. The van der Waals surface area contributed by atoms with Crippen LogP contribution in [0.1, 0.15) is 32.3 Å². The van der Waals surface area contributed by atoms with Gasteiger partial charge in [0.2, 0.25) is 0 Å². The van der Waals surface area contributed by atoms with Gasteiger partial charge in [-0.3, -0.25) is 10.1 Å². The number of aryl methyl sites for hydroxylation is 1. The summed E-state index contributed by atoms with van der Waals surface area (Å²) in [6, 6.07) is 11.7. The Labute approximate surface area is 177 Å². The number of amides is 1. The first-order valence-electron chi connectivity index (χ1n) is 9.33. The van der Waals surface area contributed by atoms with Crippen LogP contribution >= 0.6 is 27.3 Å². The fourth-order valence-electron chi connectivity index (χ4n) is 2.67. The van der Waals surface area contributed by atoms with Crippen LogP contribution in [-0.2, 0) is 11.2 Å². The minimum Gasteiger partial charge on any atom is -0.494 e. The third-order valence-corrected chi connectivity index (χ3v) is 5.53. The Hall–Kier alpha value is -2.12. The maximum absolute atomic E-state index is 12.2. The molecule has 148 valence electrons. The van der Waals surface area contributed by atoms with E-state index >= 15 is 0 Å². The van der Waals surface area contributed by atoms with Gasteiger partial charge in [0.05, 0.1) is 21.3 Å². The fourth-order valence-corrected chi connectivity index (χ4v) is 4.12. The lowest BCUT2D eigenvalue weighted by molar-refractivity contribution is -0.118. The second kappa shape index (κ2) is 9.89. The molecule has 0 spiro atoms. The highest BCUT2D eigenvalue weighted by atomic mass is 79.9. The van der Waals surface area contributed by atoms with Crippen molar-refractivity contribution in [2.24, 2.45) is 0 Å². The van der Waals surface area contributed by atoms with Crippen LogP contribution in [0.5, 0.6) is 11.5 Å². The molecule has 0 aliphatic heterocycles. The van der Waals surface area contributed by atoms with Gasteiger partial charge in [-0.15, -0.1) is 0 Å². The Morgan fingerprint density at radius 1 is 1.14 bits per heavy atom. The predicted octanol–water partition coefficient (Wildman–Crippen LogP) is 5.82. The first-order valence-corrected chi connectivity index (χ1v) is 10.9. The Kier molecular flexibility index (Phi) is 7.28. The monoisotopic (exact) mass is 462 g/mol. The Morgan fingerprint density at radius 2 is 2.00 bits per heavy atom. The van der Waals surface area contributed by atoms with Crippen LogP contribution in [0.25, 0.3) is 10.2 Å². The molecule has 0 aliphatic carbocycles. The van der Waals surface area contributed by atoms with Crippen molar-refractivity contribution in [3.8, 4) is 11.5 Å². The Balaban J connectivity index is 1.58. The predicted molar refractivity (Wildman–Crippen MR) is 118 cm³/mol. The number of carbonyl (C=O) groups is 1. The van der Waals surface area contributed by atoms with E-state index in [1.54, 1.807) is 0 Å². The first-order chi connectivity index (χ1) is 13.6. The van der Waals surface area contributed by atoms with Gasteiger partial charge in [0.25, 0.3) is 5.91 Å². The molecule has 0 saturated heterocycles. The van der Waals surface area contributed by atoms with Gasteiger partial charge in [-0.2, -0.15) is 0 Å². The molecule has 7 heteroatoms. The van der Waals surface area contributed by atoms with E-state index < -0.39 is 0 Å². The lowest BCUT2D eigenvalue weighted by Gasteiger charge is -2.09. The van der Waals surface area contributed by atoms with E-state index in [0.29, 0.717) is 17.5 Å². The molecule has 28 heavy (non-hydrogen) atoms. The molecule has 0 fully saturated rings. The standard InChI is InChI=1S/C21H23BrN2O3S/c1-3-5-14-6-9-18(16(22)11-14)27-13-20(25)24-21-23-17-8-7-15(26-10-4-2)12-19(17)28-21/h6-9,11-12H,3-5,10,13H2,1-2H3,(H,23,24,25). The van der Waals surface area contributed by atoms with E-state index in [-0.39, 0.29) is 12.5 Å². The molecule has 0 aliphatic rings. The number of ether oxygens (including phenoxy) is 2. The highest BCUT2D eigenvalue weighted by Gasteiger charge is 2.11. The summed E-state index contributed by atoms with van der Waals surface area (Å²) in [5.74, 6) is 1.22. The molecule has 0 unspecified atom stereocenters. The zero-order valence-electron chi connectivity index (χ0n) is 16.0. The van der Waals surface area contributed by atoms with Crippen molar-refractivity contribution >= 4 is 48.5 Å². The number of aromatic nitrogens is 1. The highest BCUT2D eigenvalue weighted by Crippen LogP contribution is 2.30. The quantitative estimate of drug-likeness (QED) is 0.435. The molecule has 3 rings (SSSR count). The van der Waals surface area contributed by atoms with Crippen LogP contribution in [0, 0.1) is 0 Å². The van der Waals surface area contributed by atoms with Crippen molar-refractivity contribution in [1.29, 1.82) is 0 Å². The van der Waals surface area contributed by atoms with E-state index in [1.165, 1.54) is 16.9 Å². The van der Waals surface area contributed by atoms with Crippen LogP contribution in [0.2, 0.25) is 0 Å². The number of rotatable bonds is 9. The lowest BCUT2D eigenvalue weighted by atomic mass is 10.1. The highest BCUT2D eigenvalue weighted by molar-refractivity contribution is 9.10. The number of nitrogens with one attached hydrogen (secondary N) is 1. The van der Waals surface area contributed by atoms with Crippen molar-refractivity contribution in [3.05, 3.63) is 46.4 Å². The zero-order valence-corrected chi connectivity index (χ0v) is 18.4. The lowest BCUT2D eigenvalue weighted by Crippen LogP contribution is -2.20. The number of fused-ring (bicyclic) bond motifs is 1. The number of benzene rings is 2. The zero-order chi connectivity index (χ0) is 19.9. The smallest absolute Gasteiger partial charge is 0.264 e. The number of nitrogens with zero attached hydrogens (tertiary/aromatic N) is 1. The largest absolute Gasteiger partial charge is 0.494 e. The van der Waals surface area contributed by atoms with Crippen molar-refractivity contribution in [2.45, 2.75) is 33.1 Å². The molecule has 0 bridgehead atoms. The van der Waals surface area contributed by atoms with Gasteiger partial charge < -0.3 is 9.47 Å². The SMILES string of the molecule is CCCOc1ccc2nc(NC(=O)COc3ccc(CCC)cc3Br)sc2c1. The van der Waals surface area contributed by atoms with Crippen molar-refractivity contribution < 1.29 is 14.3 Å². The van der Waals surface area contributed by atoms with Gasteiger partial charge in [-0.05, 0) is 64.7 Å². The van der Waals surface area contributed by atoms with E-state index in [9.17, 15) is 4.79 Å². The van der Waals surface area contributed by atoms with Gasteiger partial charge in [-0.1, -0.05) is 37.7 Å². The number of halogens is 1. The minimum absolute atomic E-state index is 0.0769. The molecule has 1 heterocycles. The van der Waals surface area contributed by atoms with E-state index in [4.69, 9.17) is 9.47 Å². The molecule has 1 aromatic heterocycles. The second-order valence-electron chi connectivity index (χ2n) is 6.35. The molecule has 0 atom stereocenters. The molecule has 0 radical (unpaired) electrons. The van der Waals surface area contributed by atoms with Gasteiger partial charge in [0.1, 0.15) is 11.5 Å². The molecule has 5 nitrogen and oxygen atoms in total. The average Bonchev–Trinajstić information content (AvgIpc) is 3.07. The summed E-state index contributed by atoms with van der Waals surface area (Å²) in [4.78, 5) is 16.7. The van der Waals surface area contributed by atoms with E-state index in [0.717, 1.165) is 39.7 Å². The number of thiazole rings is 1. The van der Waals surface area contributed by atoms with Crippen molar-refractivity contribution in [3.63, 3.8) is 0 Å². The van der Waals surface area contributed by atoms with Crippen molar-refractivity contribution in [1.82, 2.24) is 4.98 Å². The van der Waals surface area contributed by atoms with E-state index in [1.807, 2.05) is 36.4 Å². The van der Waals surface area contributed by atoms with Gasteiger partial charge in [-0.25, -0.2) is 4.98 Å². The third-order valence-electron chi connectivity index (χ3n) is 3.97. The molecule has 0 saturated carbocycles. The maximum Gasteiger partial charge on any atom is 0.264 e. The van der Waals surface area contributed by atoms with Gasteiger partial charge in [0, 0.05) is 0 Å². The van der Waals surface area contributed by atoms with Crippen LogP contribution in [0.15, 0.2) is 40.9 Å². The molecular weight excluding hydrogens is 440 g/mol. The van der Waals surface area contributed by atoms with Crippen LogP contribution in [0.3, 0.4) is 0 Å². The summed E-state index contributed by atoms with van der Waals surface area (Å²) in [5.41, 5.74) is 2.07. The number of hydrogen-bond acceptors (Lipinski definition) is 5. The summed E-state index contributed by atoms with van der Waals surface area (Å²) in [7, 11) is 0. The summed E-state index contributed by atoms with van der Waals surface area (Å²) >= 11 is 4.92. The number of hydrogen-bond donors (Lipinski definition) is 1. The fraction of sp³-hybridized carbons (Fsp3) is 0.333. The van der Waals surface area contributed by atoms with Crippen LogP contribution < -0.4 is 14.8 Å². The number of anilines is 1. The van der Waals surface area contributed by atoms with Gasteiger partial charge in [0.15, 0.2) is 11.7 Å². The number of carbonyl (C=O) groups excluding carboxylic acids is 1. The summed E-state index contributed by atoms with van der Waals surface area (Å²) in [5, 5.41) is 3.35.